The summed E-state index contributed by atoms with van der Waals surface area (Å²) in [6, 6.07) is 0. The van der Waals surface area contributed by atoms with Gasteiger partial charge in [-0.2, -0.15) is 0 Å². The van der Waals surface area contributed by atoms with Crippen molar-refractivity contribution in [1.29, 1.82) is 0 Å². The minimum absolute atomic E-state index is 0.0294. The minimum atomic E-state index is -2.59. The normalized spacial score (nSPS) is 28.4. The van der Waals surface area contributed by atoms with Crippen molar-refractivity contribution in [3.63, 3.8) is 0 Å². The molecule has 6 nitrogen and oxygen atoms in total. The van der Waals surface area contributed by atoms with E-state index in [0.29, 0.717) is 38.9 Å². The Morgan fingerprint density at radius 2 is 1.67 bits per heavy atom. The molecule has 3 N–H and O–H groups in total. The summed E-state index contributed by atoms with van der Waals surface area (Å²) in [7, 11) is 0. The molecule has 0 aromatic rings. The Balaban J connectivity index is 1.82. The zero-order valence-electron chi connectivity index (χ0n) is 14.0. The van der Waals surface area contributed by atoms with Gasteiger partial charge in [-0.05, 0) is 19.3 Å². The van der Waals surface area contributed by atoms with Gasteiger partial charge in [0.05, 0.1) is 5.60 Å². The van der Waals surface area contributed by atoms with E-state index in [0.717, 1.165) is 0 Å². The summed E-state index contributed by atoms with van der Waals surface area (Å²) in [5, 5.41) is 10.8. The molecule has 2 heterocycles. The lowest BCUT2D eigenvalue weighted by atomic mass is 9.93. The van der Waals surface area contributed by atoms with E-state index in [1.54, 1.807) is 4.90 Å². The van der Waals surface area contributed by atoms with Crippen LogP contribution in [0, 0.1) is 0 Å². The largest absolute Gasteiger partial charge is 0.388 e. The molecular weight excluding hydrogens is 320 g/mol. The highest BCUT2D eigenvalue weighted by Gasteiger charge is 2.38. The number of nitrogens with zero attached hydrogens (tertiary/aromatic N) is 2. The van der Waals surface area contributed by atoms with E-state index >= 15 is 0 Å². The quantitative estimate of drug-likeness (QED) is 0.767. The van der Waals surface area contributed by atoms with Gasteiger partial charge in [-0.15, -0.1) is 0 Å². The zero-order chi connectivity index (χ0) is 17.8. The van der Waals surface area contributed by atoms with Gasteiger partial charge in [-0.3, -0.25) is 9.59 Å². The van der Waals surface area contributed by atoms with Crippen LogP contribution in [-0.4, -0.2) is 71.0 Å². The van der Waals surface area contributed by atoms with Crippen LogP contribution in [-0.2, 0) is 9.59 Å². The smallest absolute Gasteiger partial charge is 0.250 e. The number of hydrogen-bond acceptors (Lipinski definition) is 4. The van der Waals surface area contributed by atoms with Crippen molar-refractivity contribution in [3.8, 4) is 0 Å². The third-order valence-corrected chi connectivity index (χ3v) is 4.96. The van der Waals surface area contributed by atoms with Crippen molar-refractivity contribution in [2.24, 2.45) is 5.73 Å². The van der Waals surface area contributed by atoms with Gasteiger partial charge in [0.15, 0.2) is 0 Å². The van der Waals surface area contributed by atoms with Crippen molar-refractivity contribution >= 4 is 11.8 Å². The maximum Gasteiger partial charge on any atom is 0.250 e. The minimum Gasteiger partial charge on any atom is -0.388 e. The molecule has 0 aromatic heterocycles. The fourth-order valence-electron chi connectivity index (χ4n) is 3.43. The predicted octanol–water partition coefficient (Wildman–Crippen LogP) is 0.727. The Hall–Kier alpha value is -1.28. The number of alkyl halides is 2. The number of likely N-dealkylation sites (tertiary alicyclic amines) is 2. The van der Waals surface area contributed by atoms with Gasteiger partial charge < -0.3 is 20.6 Å². The average molecular weight is 347 g/mol. The van der Waals surface area contributed by atoms with Crippen LogP contribution in [0.3, 0.4) is 0 Å². The summed E-state index contributed by atoms with van der Waals surface area (Å²) in [5.74, 6) is -3.22. The van der Waals surface area contributed by atoms with Gasteiger partial charge in [0, 0.05) is 58.4 Å². The van der Waals surface area contributed by atoms with Crippen LogP contribution in [0.4, 0.5) is 8.78 Å². The number of hydrogen-bond donors (Lipinski definition) is 2. The van der Waals surface area contributed by atoms with Crippen LogP contribution in [0.2, 0.25) is 0 Å². The highest BCUT2D eigenvalue weighted by Crippen LogP contribution is 2.30. The van der Waals surface area contributed by atoms with Crippen LogP contribution in [0.1, 0.15) is 44.9 Å². The second-order valence-electron chi connectivity index (χ2n) is 7.06. The molecule has 1 atom stereocenters. The van der Waals surface area contributed by atoms with Crippen molar-refractivity contribution in [2.75, 3.05) is 32.7 Å². The maximum atomic E-state index is 13.2. The molecule has 2 fully saturated rings. The summed E-state index contributed by atoms with van der Waals surface area (Å²) in [6.45, 7) is 1.90. The molecule has 2 aliphatic heterocycles. The number of nitrogens with two attached hydrogens (primary N) is 1. The first-order valence-corrected chi connectivity index (χ1v) is 8.58. The van der Waals surface area contributed by atoms with E-state index < -0.39 is 17.4 Å². The summed E-state index contributed by atoms with van der Waals surface area (Å²) >= 11 is 0. The topological polar surface area (TPSA) is 86.9 Å². The van der Waals surface area contributed by atoms with Crippen molar-refractivity contribution in [2.45, 2.75) is 56.5 Å². The first-order valence-electron chi connectivity index (χ1n) is 8.58. The van der Waals surface area contributed by atoms with Crippen LogP contribution in [0.15, 0.2) is 0 Å². The number of primary amides is 1. The molecular formula is C16H27F2N3O3. The molecule has 138 valence electrons. The molecule has 2 saturated heterocycles. The molecule has 24 heavy (non-hydrogen) atoms. The highest BCUT2D eigenvalue weighted by molar-refractivity contribution is 5.82. The van der Waals surface area contributed by atoms with Gasteiger partial charge in [0.1, 0.15) is 0 Å². The summed E-state index contributed by atoms with van der Waals surface area (Å²) in [5.41, 5.74) is 4.11. The number of halogens is 2. The fourth-order valence-corrected chi connectivity index (χ4v) is 3.43. The first kappa shape index (κ1) is 19.1. The molecule has 8 heteroatoms. The van der Waals surface area contributed by atoms with E-state index in [1.807, 2.05) is 4.90 Å². The Kier molecular flexibility index (Phi) is 6.14. The summed E-state index contributed by atoms with van der Waals surface area (Å²) < 4.78 is 26.4. The van der Waals surface area contributed by atoms with E-state index in [-0.39, 0.29) is 44.7 Å². The monoisotopic (exact) mass is 347 g/mol. The van der Waals surface area contributed by atoms with E-state index in [4.69, 9.17) is 5.73 Å². The lowest BCUT2D eigenvalue weighted by molar-refractivity contribution is -0.133. The Bertz CT molecular complexity index is 465. The number of β-amino-alcohol motifs (C(OH)–C–C–N with tert-alkyl or cyclic N) is 1. The molecule has 2 rings (SSSR count). The SMILES string of the molecule is NC(=O)CCC(=O)N1CCC[C@@](O)(CN2CCC(F)(F)CC2)CC1. The summed E-state index contributed by atoms with van der Waals surface area (Å²) in [4.78, 5) is 26.4. The number of carbonyl (C=O) groups is 2. The second kappa shape index (κ2) is 7.74. The third kappa shape index (κ3) is 5.66. The maximum absolute atomic E-state index is 13.2. The number of rotatable bonds is 5. The standard InChI is InChI=1S/C16H27F2N3O3/c17-16(18)6-9-20(10-7-16)12-15(24)4-1-8-21(11-5-15)14(23)3-2-13(19)22/h24H,1-12H2,(H2,19,22)/t15-/m0/s1. The lowest BCUT2D eigenvalue weighted by Crippen LogP contribution is -2.48. The van der Waals surface area contributed by atoms with E-state index in [2.05, 4.69) is 0 Å². The van der Waals surface area contributed by atoms with Crippen molar-refractivity contribution in [1.82, 2.24) is 9.80 Å². The molecule has 0 aliphatic carbocycles. The lowest BCUT2D eigenvalue weighted by Gasteiger charge is -2.37. The molecule has 0 radical (unpaired) electrons. The molecule has 2 amide bonds. The highest BCUT2D eigenvalue weighted by atomic mass is 19.3. The number of piperidine rings is 1. The van der Waals surface area contributed by atoms with Gasteiger partial charge >= 0.3 is 0 Å². The van der Waals surface area contributed by atoms with Gasteiger partial charge in [0.2, 0.25) is 11.8 Å². The first-order chi connectivity index (χ1) is 11.2. The molecule has 0 bridgehead atoms. The van der Waals surface area contributed by atoms with Crippen LogP contribution in [0.5, 0.6) is 0 Å². The Morgan fingerprint density at radius 3 is 2.29 bits per heavy atom. The van der Waals surface area contributed by atoms with Crippen molar-refractivity contribution in [3.05, 3.63) is 0 Å². The number of aliphatic hydroxyl groups is 1. The third-order valence-electron chi connectivity index (χ3n) is 4.96. The fraction of sp³-hybridized carbons (Fsp3) is 0.875. The van der Waals surface area contributed by atoms with Crippen LogP contribution < -0.4 is 5.73 Å². The molecule has 0 unspecified atom stereocenters. The zero-order valence-corrected chi connectivity index (χ0v) is 14.0. The molecule has 2 aliphatic rings. The number of amides is 2. The Morgan fingerprint density at radius 1 is 1.00 bits per heavy atom. The molecule has 0 saturated carbocycles. The average Bonchev–Trinajstić information content (AvgIpc) is 2.69. The summed E-state index contributed by atoms with van der Waals surface area (Å²) in [6.07, 6.45) is 1.41. The van der Waals surface area contributed by atoms with Crippen molar-refractivity contribution < 1.29 is 23.5 Å². The van der Waals surface area contributed by atoms with E-state index in [1.165, 1.54) is 0 Å². The molecule has 0 spiro atoms. The van der Waals surface area contributed by atoms with Crippen LogP contribution >= 0.6 is 0 Å². The number of carbonyl (C=O) groups excluding carboxylic acids is 2. The second-order valence-corrected chi connectivity index (χ2v) is 7.06. The van der Waals surface area contributed by atoms with Gasteiger partial charge in [0.25, 0.3) is 5.92 Å². The Labute approximate surface area is 141 Å². The predicted molar refractivity (Wildman–Crippen MR) is 84.4 cm³/mol. The van der Waals surface area contributed by atoms with Crippen LogP contribution in [0.25, 0.3) is 0 Å². The molecule has 0 aromatic carbocycles. The van der Waals surface area contributed by atoms with E-state index in [9.17, 15) is 23.5 Å². The van der Waals surface area contributed by atoms with Gasteiger partial charge in [-0.1, -0.05) is 0 Å². The van der Waals surface area contributed by atoms with Gasteiger partial charge in [-0.25, -0.2) is 8.78 Å².